The van der Waals surface area contributed by atoms with Crippen LogP contribution in [0.3, 0.4) is 0 Å². The van der Waals surface area contributed by atoms with Gasteiger partial charge in [0.1, 0.15) is 5.82 Å². The maximum absolute atomic E-state index is 13.6. The fourth-order valence-electron chi connectivity index (χ4n) is 3.25. The van der Waals surface area contributed by atoms with E-state index in [2.05, 4.69) is 15.2 Å². The minimum absolute atomic E-state index is 0.153. The van der Waals surface area contributed by atoms with Crippen LogP contribution in [0.5, 0.6) is 0 Å². The van der Waals surface area contributed by atoms with Crippen LogP contribution in [0.25, 0.3) is 0 Å². The Morgan fingerprint density at radius 3 is 3.09 bits per heavy atom. The summed E-state index contributed by atoms with van der Waals surface area (Å²) in [6, 6.07) is 7.25. The summed E-state index contributed by atoms with van der Waals surface area (Å²) in [5.74, 6) is 0.538. The summed E-state index contributed by atoms with van der Waals surface area (Å²) in [6.45, 7) is 3.78. The first-order valence-corrected chi connectivity index (χ1v) is 8.82. The number of nitrogens with one attached hydrogen (secondary N) is 1. The predicted molar refractivity (Wildman–Crippen MR) is 86.5 cm³/mol. The van der Waals surface area contributed by atoms with Gasteiger partial charge in [0.05, 0.1) is 11.2 Å². The summed E-state index contributed by atoms with van der Waals surface area (Å²) in [5, 5.41) is 3.44. The van der Waals surface area contributed by atoms with Gasteiger partial charge < -0.3 is 5.32 Å². The molecule has 1 aromatic carbocycles. The normalized spacial score (nSPS) is 22.9. The Morgan fingerprint density at radius 2 is 2.27 bits per heavy atom. The topological polar surface area (TPSA) is 28.2 Å². The number of hydrogen-bond acceptors (Lipinski definition) is 4. The number of piperazine rings is 1. The van der Waals surface area contributed by atoms with E-state index in [1.165, 1.54) is 29.5 Å². The van der Waals surface area contributed by atoms with Gasteiger partial charge in [-0.1, -0.05) is 12.1 Å². The quantitative estimate of drug-likeness (QED) is 0.938. The van der Waals surface area contributed by atoms with E-state index in [1.54, 1.807) is 23.5 Å². The minimum atomic E-state index is -0.153. The van der Waals surface area contributed by atoms with E-state index in [4.69, 9.17) is 0 Å². The van der Waals surface area contributed by atoms with Crippen molar-refractivity contribution in [3.63, 3.8) is 0 Å². The second kappa shape index (κ2) is 6.07. The standard InChI is InChI=1S/C17H20FN3S/c18-14-3-1-2-13(8-14)15-9-19-6-7-21(15)10-16-17(12-4-5-12)20-11-22-16/h1-3,8,11-12,15,19H,4-7,9-10H2. The zero-order valence-corrected chi connectivity index (χ0v) is 13.3. The van der Waals surface area contributed by atoms with Crippen LogP contribution >= 0.6 is 11.3 Å². The summed E-state index contributed by atoms with van der Waals surface area (Å²) < 4.78 is 13.6. The molecule has 0 radical (unpaired) electrons. The number of aromatic nitrogens is 1. The van der Waals surface area contributed by atoms with Crippen molar-refractivity contribution in [1.29, 1.82) is 0 Å². The van der Waals surface area contributed by atoms with Gasteiger partial charge >= 0.3 is 0 Å². The number of rotatable bonds is 4. The van der Waals surface area contributed by atoms with Crippen LogP contribution in [-0.4, -0.2) is 29.5 Å². The molecule has 1 saturated carbocycles. The lowest BCUT2D eigenvalue weighted by molar-refractivity contribution is 0.154. The fourth-order valence-corrected chi connectivity index (χ4v) is 4.12. The molecule has 2 heterocycles. The molecule has 2 aromatic rings. The SMILES string of the molecule is Fc1cccc(C2CNCCN2Cc2scnc2C2CC2)c1. The molecule has 0 spiro atoms. The molecule has 2 fully saturated rings. The third-order valence-corrected chi connectivity index (χ3v) is 5.40. The Bertz CT molecular complexity index is 653. The molecule has 116 valence electrons. The first kappa shape index (κ1) is 14.3. The highest BCUT2D eigenvalue weighted by molar-refractivity contribution is 7.09. The zero-order chi connectivity index (χ0) is 14.9. The second-order valence-corrected chi connectivity index (χ2v) is 7.12. The number of halogens is 1. The van der Waals surface area contributed by atoms with Crippen molar-refractivity contribution < 1.29 is 4.39 Å². The van der Waals surface area contributed by atoms with E-state index in [-0.39, 0.29) is 11.9 Å². The Morgan fingerprint density at radius 1 is 1.36 bits per heavy atom. The lowest BCUT2D eigenvalue weighted by Crippen LogP contribution is -2.45. The van der Waals surface area contributed by atoms with Crippen molar-refractivity contribution >= 4 is 11.3 Å². The Labute approximate surface area is 134 Å². The van der Waals surface area contributed by atoms with Crippen LogP contribution in [-0.2, 0) is 6.54 Å². The van der Waals surface area contributed by atoms with Gasteiger partial charge in [0.15, 0.2) is 0 Å². The van der Waals surface area contributed by atoms with Crippen molar-refractivity contribution in [3.8, 4) is 0 Å². The average Bonchev–Trinajstić information content (AvgIpc) is 3.28. The maximum Gasteiger partial charge on any atom is 0.123 e. The van der Waals surface area contributed by atoms with E-state index < -0.39 is 0 Å². The number of nitrogens with zero attached hydrogens (tertiary/aromatic N) is 2. The van der Waals surface area contributed by atoms with E-state index in [0.29, 0.717) is 5.92 Å². The van der Waals surface area contributed by atoms with Crippen LogP contribution in [0.2, 0.25) is 0 Å². The largest absolute Gasteiger partial charge is 0.314 e. The van der Waals surface area contributed by atoms with Crippen LogP contribution in [0.4, 0.5) is 4.39 Å². The predicted octanol–water partition coefficient (Wildman–Crippen LogP) is 3.31. The Kier molecular flexibility index (Phi) is 3.94. The number of thiazole rings is 1. The second-order valence-electron chi connectivity index (χ2n) is 6.18. The molecule has 5 heteroatoms. The van der Waals surface area contributed by atoms with Crippen molar-refractivity contribution in [2.45, 2.75) is 31.3 Å². The van der Waals surface area contributed by atoms with Gasteiger partial charge in [-0.15, -0.1) is 11.3 Å². The van der Waals surface area contributed by atoms with E-state index in [0.717, 1.165) is 31.7 Å². The molecule has 2 aliphatic rings. The molecule has 4 rings (SSSR count). The molecule has 1 unspecified atom stereocenters. The summed E-state index contributed by atoms with van der Waals surface area (Å²) in [4.78, 5) is 8.43. The van der Waals surface area contributed by atoms with Crippen LogP contribution in [0.15, 0.2) is 29.8 Å². The molecule has 0 bridgehead atoms. The van der Waals surface area contributed by atoms with Crippen LogP contribution in [0.1, 0.15) is 40.9 Å². The third kappa shape index (κ3) is 2.93. The smallest absolute Gasteiger partial charge is 0.123 e. The lowest BCUT2D eigenvalue weighted by atomic mass is 10.0. The van der Waals surface area contributed by atoms with Gasteiger partial charge in [-0.3, -0.25) is 4.90 Å². The lowest BCUT2D eigenvalue weighted by Gasteiger charge is -2.36. The maximum atomic E-state index is 13.6. The fraction of sp³-hybridized carbons (Fsp3) is 0.471. The van der Waals surface area contributed by atoms with Crippen molar-refractivity contribution in [3.05, 3.63) is 51.7 Å². The minimum Gasteiger partial charge on any atom is -0.314 e. The molecule has 22 heavy (non-hydrogen) atoms. The molecule has 1 N–H and O–H groups in total. The van der Waals surface area contributed by atoms with Gasteiger partial charge in [0, 0.05) is 43.0 Å². The Hall–Kier alpha value is -1.30. The van der Waals surface area contributed by atoms with E-state index >= 15 is 0 Å². The molecule has 1 atom stereocenters. The van der Waals surface area contributed by atoms with Gasteiger partial charge in [-0.05, 0) is 30.5 Å². The zero-order valence-electron chi connectivity index (χ0n) is 12.5. The van der Waals surface area contributed by atoms with Gasteiger partial charge in [0.2, 0.25) is 0 Å². The van der Waals surface area contributed by atoms with Crippen molar-refractivity contribution in [2.75, 3.05) is 19.6 Å². The van der Waals surface area contributed by atoms with Crippen LogP contribution < -0.4 is 5.32 Å². The van der Waals surface area contributed by atoms with Crippen molar-refractivity contribution in [2.24, 2.45) is 0 Å². The Balaban J connectivity index is 1.56. The summed E-state index contributed by atoms with van der Waals surface area (Å²) in [6.07, 6.45) is 2.57. The summed E-state index contributed by atoms with van der Waals surface area (Å²) >= 11 is 1.76. The third-order valence-electron chi connectivity index (χ3n) is 4.57. The molecule has 0 amide bonds. The molecular weight excluding hydrogens is 297 g/mol. The summed E-state index contributed by atoms with van der Waals surface area (Å²) in [5.41, 5.74) is 4.34. The molecule has 1 saturated heterocycles. The van der Waals surface area contributed by atoms with Gasteiger partial charge in [-0.25, -0.2) is 9.37 Å². The average molecular weight is 317 g/mol. The molecule has 3 nitrogen and oxygen atoms in total. The first-order chi connectivity index (χ1) is 10.8. The first-order valence-electron chi connectivity index (χ1n) is 7.94. The molecule has 1 aliphatic carbocycles. The number of benzene rings is 1. The molecule has 1 aliphatic heterocycles. The van der Waals surface area contributed by atoms with Crippen LogP contribution in [0, 0.1) is 5.82 Å². The highest BCUT2D eigenvalue weighted by Gasteiger charge is 2.31. The van der Waals surface area contributed by atoms with Gasteiger partial charge in [0.25, 0.3) is 0 Å². The molecule has 1 aromatic heterocycles. The van der Waals surface area contributed by atoms with E-state index in [1.807, 2.05) is 11.6 Å². The number of hydrogen-bond donors (Lipinski definition) is 1. The summed E-state index contributed by atoms with van der Waals surface area (Å²) in [7, 11) is 0. The van der Waals surface area contributed by atoms with Gasteiger partial charge in [-0.2, -0.15) is 0 Å². The van der Waals surface area contributed by atoms with Crippen molar-refractivity contribution in [1.82, 2.24) is 15.2 Å². The molecular formula is C17H20FN3S. The van der Waals surface area contributed by atoms with E-state index in [9.17, 15) is 4.39 Å². The monoisotopic (exact) mass is 317 g/mol. The highest BCUT2D eigenvalue weighted by Crippen LogP contribution is 2.42. The highest BCUT2D eigenvalue weighted by atomic mass is 32.1.